The predicted molar refractivity (Wildman–Crippen MR) is 156 cm³/mol. The molecule has 0 fully saturated rings. The first-order valence-corrected chi connectivity index (χ1v) is 26.8. The quantitative estimate of drug-likeness (QED) is 0.148. The third-order valence-electron chi connectivity index (χ3n) is 7.31. The van der Waals surface area contributed by atoms with Crippen LogP contribution in [0.2, 0.25) is 13.3 Å². The fourth-order valence-electron chi connectivity index (χ4n) is 4.88. The van der Waals surface area contributed by atoms with Crippen LogP contribution in [0.15, 0.2) is 48.5 Å². The fraction of sp³-hybridized carbons (Fsp3) is 0.567. The standard InChI is InChI=1S/C10H12NO2.C8H10N.3C4H9.Hg.HI.Sn/c1-11(2,8-10(12)13)9-6-4-3-5-7-9;1-9(2)8-6-4-3-5-7-8;3*1-3-4-2;;;/h4-7H,8H2,1-2H3;4-7H,1-2H3;3*1,3-4H2,2H3;;1H;/q;;;;;;;+1/p-1. The van der Waals surface area contributed by atoms with Crippen LogP contribution >= 0.6 is 0 Å². The minimum absolute atomic E-state index is 0. The molecule has 7 heteroatoms. The zero-order valence-electron chi connectivity index (χ0n) is 24.5. The zero-order valence-corrected chi connectivity index (χ0v) is 35.0. The van der Waals surface area contributed by atoms with Gasteiger partial charge in [0.1, 0.15) is 0 Å². The van der Waals surface area contributed by atoms with Crippen LogP contribution in [0.4, 0.5) is 11.4 Å². The number of unbranched alkanes of at least 4 members (excludes halogenated alkanes) is 3. The van der Waals surface area contributed by atoms with E-state index >= 15 is 0 Å². The second kappa shape index (κ2) is 17.7. The molecule has 0 aliphatic rings. The summed E-state index contributed by atoms with van der Waals surface area (Å²) in [6.07, 6.45) is 7.19. The molecule has 0 saturated heterocycles. The third kappa shape index (κ3) is 12.0. The molecule has 0 bridgehead atoms. The van der Waals surface area contributed by atoms with Gasteiger partial charge >= 0.3 is 240 Å². The molecule has 0 heterocycles. The number of rotatable bonds is 16. The summed E-state index contributed by atoms with van der Waals surface area (Å²) in [5.74, 6) is 0.0316. The first-order chi connectivity index (χ1) is 17.1. The Morgan fingerprint density at radius 2 is 1.24 bits per heavy atom. The summed E-state index contributed by atoms with van der Waals surface area (Å²) in [5.41, 5.74) is 2.43. The first-order valence-electron chi connectivity index (χ1n) is 14.1. The molecule has 2 rings (SSSR count). The molecule has 37 heavy (non-hydrogen) atoms. The van der Waals surface area contributed by atoms with E-state index in [9.17, 15) is 4.79 Å². The molecule has 204 valence electrons. The van der Waals surface area contributed by atoms with Crippen molar-refractivity contribution >= 4 is 42.3 Å². The number of hydrogen-bond acceptors (Lipinski definition) is 3. The van der Waals surface area contributed by atoms with E-state index in [1.807, 2.05) is 0 Å². The van der Waals surface area contributed by atoms with Crippen molar-refractivity contribution < 1.29 is 56.4 Å². The van der Waals surface area contributed by atoms with Gasteiger partial charge in [-0.2, -0.15) is 0 Å². The van der Waals surface area contributed by atoms with Crippen LogP contribution in [-0.4, -0.2) is 59.5 Å². The molecule has 0 unspecified atom stereocenters. The molecule has 0 spiro atoms. The number of carbonyl (C=O) groups is 1. The minimum atomic E-state index is -2.93. The molecule has 0 amide bonds. The first kappa shape index (κ1) is 35.2. The Kier molecular flexibility index (Phi) is 16.9. The van der Waals surface area contributed by atoms with E-state index in [1.165, 1.54) is 69.4 Å². The van der Waals surface area contributed by atoms with E-state index in [0.717, 1.165) is 0 Å². The molecule has 2 aromatic rings. The van der Waals surface area contributed by atoms with Crippen molar-refractivity contribution in [3.05, 3.63) is 48.5 Å². The number of benzene rings is 2. The van der Waals surface area contributed by atoms with E-state index < -0.39 is 43.4 Å². The van der Waals surface area contributed by atoms with Gasteiger partial charge in [-0.3, -0.25) is 0 Å². The molecule has 0 radical (unpaired) electrons. The fourth-order valence-corrected chi connectivity index (χ4v) is 23.5. The van der Waals surface area contributed by atoms with Crippen LogP contribution in [0.25, 0.3) is 0 Å². The van der Waals surface area contributed by atoms with Crippen LogP contribution in [0.1, 0.15) is 59.3 Å². The van der Waals surface area contributed by atoms with Gasteiger partial charge in [0.25, 0.3) is 0 Å². The normalized spacial score (nSPS) is 11.4. The third-order valence-corrected chi connectivity index (χ3v) is 26.9. The van der Waals surface area contributed by atoms with Gasteiger partial charge in [-0.25, -0.2) is 0 Å². The second-order valence-corrected chi connectivity index (χ2v) is 30.6. The van der Waals surface area contributed by atoms with Gasteiger partial charge in [-0.05, 0) is 0 Å². The summed E-state index contributed by atoms with van der Waals surface area (Å²) in [7, 11) is 8.45. The van der Waals surface area contributed by atoms with Crippen LogP contribution in [0, 0.1) is 0 Å². The molecule has 0 saturated carbocycles. The molecule has 2 aromatic carbocycles. The maximum absolute atomic E-state index is 13.3. The van der Waals surface area contributed by atoms with Crippen LogP contribution in [0.5, 0.6) is 0 Å². The Morgan fingerprint density at radius 1 is 0.811 bits per heavy atom. The Morgan fingerprint density at radius 3 is 1.65 bits per heavy atom. The molecule has 0 N–H and O–H groups in total. The van der Waals surface area contributed by atoms with Gasteiger partial charge in [0.2, 0.25) is 0 Å². The number of likely N-dealkylation sites (N-methyl/N-ethyl adjacent to an activating group) is 1. The molecule has 0 aliphatic carbocycles. The molecular formula is C30H49HgIN2O2Sn. The van der Waals surface area contributed by atoms with Crippen LogP contribution < -0.4 is 39.5 Å². The van der Waals surface area contributed by atoms with Gasteiger partial charge < -0.3 is 24.0 Å². The van der Waals surface area contributed by atoms with Crippen molar-refractivity contribution in [3.8, 4) is 0 Å². The van der Waals surface area contributed by atoms with Gasteiger partial charge in [-0.15, -0.1) is 0 Å². The van der Waals surface area contributed by atoms with Crippen LogP contribution in [-0.2, 0) is 32.4 Å². The Hall–Kier alpha value is 0.134. The number of anilines is 1. The number of halogens is 1. The average Bonchev–Trinajstić information content (AvgIpc) is 2.85. The van der Waals surface area contributed by atoms with E-state index in [0.29, 0.717) is 11.0 Å². The predicted octanol–water partition coefficient (Wildman–Crippen LogP) is 3.25. The van der Waals surface area contributed by atoms with E-state index in [4.69, 9.17) is 3.07 Å². The summed E-state index contributed by atoms with van der Waals surface area (Å²) in [6, 6.07) is 18.1. The summed E-state index contributed by atoms with van der Waals surface area (Å²) < 4.78 is 13.8. The summed E-state index contributed by atoms with van der Waals surface area (Å²) >= 11 is -4.30. The van der Waals surface area contributed by atoms with E-state index in [2.05, 4.69) is 102 Å². The van der Waals surface area contributed by atoms with Crippen molar-refractivity contribution in [1.29, 1.82) is 0 Å². The van der Waals surface area contributed by atoms with Crippen molar-refractivity contribution in [2.24, 2.45) is 0 Å². The number of carbonyl (C=O) groups excluding carboxylic acids is 1. The van der Waals surface area contributed by atoms with Gasteiger partial charge in [0, 0.05) is 0 Å². The van der Waals surface area contributed by atoms with E-state index in [-0.39, 0.29) is 29.9 Å². The maximum Gasteiger partial charge on any atom is -1.00 e. The molecule has 0 aromatic heterocycles. The Balaban J connectivity index is 0.00000684. The molecule has 0 aliphatic heterocycles. The maximum atomic E-state index is 13.3. The summed E-state index contributed by atoms with van der Waals surface area (Å²) in [6.45, 7) is 7.18. The van der Waals surface area contributed by atoms with Crippen molar-refractivity contribution in [2.45, 2.75) is 72.6 Å². The van der Waals surface area contributed by atoms with Crippen molar-refractivity contribution in [3.63, 3.8) is 0 Å². The SMILES string of the molecule is CCC[CH2][Sn]([CH2]CCC)([CH2]CCC)[O]C(=O)C[N+](C)(C)c1cc[c]([Hg][c]2ccc(N(C)C)cc2)cc1.[I-]. The van der Waals surface area contributed by atoms with Crippen molar-refractivity contribution in [2.75, 3.05) is 39.6 Å². The second-order valence-electron chi connectivity index (χ2n) is 11.2. The number of hydrogen-bond donors (Lipinski definition) is 0. The molecular weight excluding hydrogens is 867 g/mol. The smallest absolute Gasteiger partial charge is 1.00 e. The monoisotopic (exact) mass is 918 g/mol. The Labute approximate surface area is 261 Å². The van der Waals surface area contributed by atoms with Gasteiger partial charge in [-0.1, -0.05) is 0 Å². The van der Waals surface area contributed by atoms with Crippen molar-refractivity contribution in [1.82, 2.24) is 4.48 Å². The van der Waals surface area contributed by atoms with E-state index in [1.54, 1.807) is 0 Å². The number of quaternary nitrogens is 1. The summed E-state index contributed by atoms with van der Waals surface area (Å²) in [5, 5.41) is 0. The van der Waals surface area contributed by atoms with Gasteiger partial charge in [0.05, 0.1) is 0 Å². The van der Waals surface area contributed by atoms with Crippen LogP contribution in [0.3, 0.4) is 0 Å². The summed E-state index contributed by atoms with van der Waals surface area (Å²) in [4.78, 5) is 15.5. The number of nitrogens with zero attached hydrogens (tertiary/aromatic N) is 2. The Bertz CT molecular complexity index is 898. The minimum Gasteiger partial charge on any atom is -1.00 e. The largest absolute Gasteiger partial charge is 1.00 e. The topological polar surface area (TPSA) is 29.5 Å². The zero-order chi connectivity index (χ0) is 26.6. The average molecular weight is 916 g/mol. The molecule has 4 nitrogen and oxygen atoms in total. The molecule has 0 atom stereocenters. The van der Waals surface area contributed by atoms with Gasteiger partial charge in [0.15, 0.2) is 0 Å².